The van der Waals surface area contributed by atoms with Gasteiger partial charge in [0.1, 0.15) is 19.3 Å². The second-order valence-corrected chi connectivity index (χ2v) is 33.4. The van der Waals surface area contributed by atoms with E-state index in [4.69, 9.17) is 37.0 Å². The molecule has 0 fully saturated rings. The van der Waals surface area contributed by atoms with Crippen LogP contribution in [-0.4, -0.2) is 96.7 Å². The molecule has 0 aromatic heterocycles. The molecule has 101 heavy (non-hydrogen) atoms. The molecule has 0 aliphatic heterocycles. The molecule has 0 aliphatic rings. The van der Waals surface area contributed by atoms with Crippen molar-refractivity contribution in [2.75, 3.05) is 39.6 Å². The number of hydrogen-bond acceptors (Lipinski definition) is 15. The van der Waals surface area contributed by atoms with Crippen LogP contribution >= 0.6 is 15.6 Å². The highest BCUT2D eigenvalue weighted by atomic mass is 31.2. The van der Waals surface area contributed by atoms with E-state index in [0.29, 0.717) is 31.6 Å². The quantitative estimate of drug-likeness (QED) is 0.0222. The molecule has 17 nitrogen and oxygen atoms in total. The maximum atomic E-state index is 13.1. The van der Waals surface area contributed by atoms with Crippen LogP contribution in [0.3, 0.4) is 0 Å². The second kappa shape index (κ2) is 72.3. The third-order valence-corrected chi connectivity index (χ3v) is 21.8. The number of hydrogen-bond donors (Lipinski definition) is 3. The summed E-state index contributed by atoms with van der Waals surface area (Å²) in [6.07, 6.45) is 61.5. The number of unbranched alkanes of at least 4 members (excludes halogenated alkanes) is 46. The van der Waals surface area contributed by atoms with Crippen LogP contribution in [0.5, 0.6) is 0 Å². The number of phosphoric ester groups is 2. The van der Waals surface area contributed by atoms with Crippen LogP contribution in [0, 0.1) is 17.8 Å². The summed E-state index contributed by atoms with van der Waals surface area (Å²) in [5.41, 5.74) is 0. The summed E-state index contributed by atoms with van der Waals surface area (Å²) in [6.45, 7) is 12.0. The third-order valence-electron chi connectivity index (χ3n) is 19.9. The van der Waals surface area contributed by atoms with Crippen LogP contribution in [0.4, 0.5) is 0 Å². The molecule has 0 heterocycles. The van der Waals surface area contributed by atoms with Crippen molar-refractivity contribution in [2.24, 2.45) is 17.8 Å². The number of esters is 4. The molecular weight excluding hydrogens is 1320 g/mol. The Hall–Kier alpha value is -1.94. The van der Waals surface area contributed by atoms with Gasteiger partial charge in [0.25, 0.3) is 0 Å². The molecule has 0 rings (SSSR count). The first kappa shape index (κ1) is 99.1. The van der Waals surface area contributed by atoms with Crippen LogP contribution in [0.25, 0.3) is 0 Å². The summed E-state index contributed by atoms with van der Waals surface area (Å²) in [6, 6.07) is 0. The number of aliphatic hydroxyl groups is 1. The molecule has 19 heteroatoms. The van der Waals surface area contributed by atoms with Crippen molar-refractivity contribution >= 4 is 39.5 Å². The molecule has 0 bridgehead atoms. The van der Waals surface area contributed by atoms with E-state index >= 15 is 0 Å². The smallest absolute Gasteiger partial charge is 0.462 e. The van der Waals surface area contributed by atoms with E-state index in [2.05, 4.69) is 48.5 Å². The fraction of sp³-hybridized carbons (Fsp3) is 0.951. The fourth-order valence-electron chi connectivity index (χ4n) is 12.6. The summed E-state index contributed by atoms with van der Waals surface area (Å²) in [4.78, 5) is 72.8. The zero-order valence-electron chi connectivity index (χ0n) is 66.4. The molecule has 4 unspecified atom stereocenters. The first-order chi connectivity index (χ1) is 48.8. The molecule has 0 saturated carbocycles. The fourth-order valence-corrected chi connectivity index (χ4v) is 14.2. The van der Waals surface area contributed by atoms with Gasteiger partial charge in [0.2, 0.25) is 0 Å². The van der Waals surface area contributed by atoms with Gasteiger partial charge in [0.05, 0.1) is 26.4 Å². The van der Waals surface area contributed by atoms with Crippen LogP contribution < -0.4 is 0 Å². The Morgan fingerprint density at radius 3 is 0.752 bits per heavy atom. The Morgan fingerprint density at radius 1 is 0.287 bits per heavy atom. The molecule has 0 saturated heterocycles. The monoisotopic (exact) mass is 1480 g/mol. The minimum Gasteiger partial charge on any atom is -0.462 e. The van der Waals surface area contributed by atoms with Gasteiger partial charge in [-0.25, -0.2) is 9.13 Å². The maximum Gasteiger partial charge on any atom is 0.472 e. The minimum absolute atomic E-state index is 0.103. The SMILES string of the molecule is CCCCCCCCCC(=O)OC[C@H](COP(=O)(O)OC[C@H](O)COP(=O)(O)OC[C@@H](COC(=O)CCCCCCCCCCCCCCCCCCCCC(C)CC)OC(=O)CCCCCCCCCCCCCCCCCCCCC(C)CC)OC(=O)CCCCCCCCCC(C)C. The Kier molecular flexibility index (Phi) is 70.9. The molecule has 7 atom stereocenters. The standard InChI is InChI=1S/C82H160O17P2/c1-8-11-12-13-39-49-56-63-79(84)92-69-77(99-82(87)66-59-52-45-38-40-46-53-60-73(4)5)71-96-100(88,89)94-67-76(83)68-95-101(90,91)97-72-78(98-81(86)65-58-51-44-37-33-29-25-21-17-15-19-23-27-31-35-42-48-55-62-75(7)10-3)70-93-80(85)64-57-50-43-36-32-28-24-20-16-14-18-22-26-30-34-41-47-54-61-74(6)9-2/h73-78,83H,8-72H2,1-7H3,(H,88,89)(H,90,91)/t74?,75?,76-,77+,78+/m0/s1. The minimum atomic E-state index is -4.96. The zero-order valence-corrected chi connectivity index (χ0v) is 68.2. The molecule has 0 aliphatic carbocycles. The van der Waals surface area contributed by atoms with Crippen molar-refractivity contribution in [1.29, 1.82) is 0 Å². The number of phosphoric acid groups is 2. The second-order valence-electron chi connectivity index (χ2n) is 30.5. The van der Waals surface area contributed by atoms with Crippen molar-refractivity contribution < 1.29 is 80.2 Å². The summed E-state index contributed by atoms with van der Waals surface area (Å²) >= 11 is 0. The highest BCUT2D eigenvalue weighted by Crippen LogP contribution is 2.45. The molecule has 0 radical (unpaired) electrons. The van der Waals surface area contributed by atoms with Gasteiger partial charge in [-0.2, -0.15) is 0 Å². The molecule has 0 aromatic rings. The lowest BCUT2D eigenvalue weighted by Gasteiger charge is -2.21. The van der Waals surface area contributed by atoms with Crippen LogP contribution in [0.15, 0.2) is 0 Å². The van der Waals surface area contributed by atoms with E-state index in [9.17, 15) is 43.2 Å². The number of rotatable bonds is 80. The van der Waals surface area contributed by atoms with Crippen molar-refractivity contribution in [3.63, 3.8) is 0 Å². The number of carbonyl (C=O) groups excluding carboxylic acids is 4. The van der Waals surface area contributed by atoms with Gasteiger partial charge in [-0.15, -0.1) is 0 Å². The van der Waals surface area contributed by atoms with E-state index in [0.717, 1.165) is 115 Å². The Labute approximate surface area is 619 Å². The molecule has 0 amide bonds. The first-order valence-corrected chi connectivity index (χ1v) is 45.4. The number of aliphatic hydroxyl groups excluding tert-OH is 1. The van der Waals surface area contributed by atoms with E-state index in [1.54, 1.807) is 0 Å². The largest absolute Gasteiger partial charge is 0.472 e. The highest BCUT2D eigenvalue weighted by molar-refractivity contribution is 7.47. The predicted octanol–water partition coefficient (Wildman–Crippen LogP) is 24.5. The zero-order chi connectivity index (χ0) is 74.4. The third kappa shape index (κ3) is 73.4. The maximum absolute atomic E-state index is 13.1. The van der Waals surface area contributed by atoms with Crippen LogP contribution in [0.2, 0.25) is 0 Å². The van der Waals surface area contributed by atoms with Gasteiger partial charge in [0.15, 0.2) is 12.2 Å². The average molecular weight is 1480 g/mol. The lowest BCUT2D eigenvalue weighted by Crippen LogP contribution is -2.30. The lowest BCUT2D eigenvalue weighted by atomic mass is 9.99. The topological polar surface area (TPSA) is 237 Å². The van der Waals surface area contributed by atoms with Gasteiger partial charge >= 0.3 is 39.5 Å². The predicted molar refractivity (Wildman–Crippen MR) is 414 cm³/mol. The summed E-state index contributed by atoms with van der Waals surface area (Å²) < 4.78 is 68.5. The first-order valence-electron chi connectivity index (χ1n) is 42.4. The highest BCUT2D eigenvalue weighted by Gasteiger charge is 2.30. The van der Waals surface area contributed by atoms with Crippen molar-refractivity contribution in [3.05, 3.63) is 0 Å². The van der Waals surface area contributed by atoms with Gasteiger partial charge < -0.3 is 33.8 Å². The average Bonchev–Trinajstić information content (AvgIpc) is 1.12. The van der Waals surface area contributed by atoms with E-state index in [1.165, 1.54) is 225 Å². The van der Waals surface area contributed by atoms with Gasteiger partial charge in [-0.3, -0.25) is 37.3 Å². The Morgan fingerprint density at radius 2 is 0.505 bits per heavy atom. The molecule has 600 valence electrons. The van der Waals surface area contributed by atoms with Crippen molar-refractivity contribution in [2.45, 2.75) is 446 Å². The molecule has 0 aromatic carbocycles. The summed E-state index contributed by atoms with van der Waals surface area (Å²) in [7, 11) is -9.91. The lowest BCUT2D eigenvalue weighted by molar-refractivity contribution is -0.161. The molecular formula is C82H160O17P2. The van der Waals surface area contributed by atoms with Gasteiger partial charge in [-0.1, -0.05) is 376 Å². The van der Waals surface area contributed by atoms with E-state index in [-0.39, 0.29) is 25.7 Å². The van der Waals surface area contributed by atoms with Gasteiger partial charge in [-0.05, 0) is 43.4 Å². The van der Waals surface area contributed by atoms with E-state index < -0.39 is 97.5 Å². The number of carbonyl (C=O) groups is 4. The molecule has 3 N–H and O–H groups in total. The van der Waals surface area contributed by atoms with Crippen molar-refractivity contribution in [3.8, 4) is 0 Å². The normalized spacial score (nSPS) is 14.5. The van der Waals surface area contributed by atoms with Gasteiger partial charge in [0, 0.05) is 25.7 Å². The Bertz CT molecular complexity index is 1960. The summed E-state index contributed by atoms with van der Waals surface area (Å²) in [5, 5.41) is 10.6. The number of ether oxygens (including phenoxy) is 4. The van der Waals surface area contributed by atoms with Crippen molar-refractivity contribution in [1.82, 2.24) is 0 Å². The van der Waals surface area contributed by atoms with Crippen LogP contribution in [0.1, 0.15) is 427 Å². The molecule has 0 spiro atoms. The summed E-state index contributed by atoms with van der Waals surface area (Å²) in [5.74, 6) is 0.322. The van der Waals surface area contributed by atoms with E-state index in [1.807, 2.05) is 0 Å². The Balaban J connectivity index is 5.12. The van der Waals surface area contributed by atoms with Crippen LogP contribution in [-0.2, 0) is 65.4 Å².